The average molecular weight is 223 g/mol. The molecule has 0 radical (unpaired) electrons. The Bertz CT molecular complexity index is 404. The van der Waals surface area contributed by atoms with Crippen molar-refractivity contribution in [3.8, 4) is 0 Å². The van der Waals surface area contributed by atoms with Gasteiger partial charge in [0, 0.05) is 18.2 Å². The van der Waals surface area contributed by atoms with Crippen LogP contribution in [0.1, 0.15) is 12.5 Å². The van der Waals surface area contributed by atoms with E-state index in [1.807, 2.05) is 0 Å². The molecule has 6 heteroatoms. The maximum Gasteiger partial charge on any atom is 0.274 e. The average Bonchev–Trinajstić information content (AvgIpc) is 2.25. The van der Waals surface area contributed by atoms with Crippen LogP contribution in [0.15, 0.2) is 24.3 Å². The third-order valence-corrected chi connectivity index (χ3v) is 2.05. The summed E-state index contributed by atoms with van der Waals surface area (Å²) in [7, 11) is 0. The lowest BCUT2D eigenvalue weighted by atomic mass is 10.2. The molecule has 1 aromatic rings. The molecule has 0 heterocycles. The second-order valence-electron chi connectivity index (χ2n) is 3.39. The molecule has 3 N–H and O–H groups in total. The summed E-state index contributed by atoms with van der Waals surface area (Å²) in [6.07, 6.45) is 0. The minimum atomic E-state index is -0.622. The lowest BCUT2D eigenvalue weighted by molar-refractivity contribution is -0.385. The molecule has 0 bridgehead atoms. The zero-order valence-electron chi connectivity index (χ0n) is 8.84. The van der Waals surface area contributed by atoms with Crippen molar-refractivity contribution in [2.45, 2.75) is 19.5 Å². The maximum atomic E-state index is 11.2. The van der Waals surface area contributed by atoms with E-state index < -0.39 is 11.0 Å². The first kappa shape index (κ1) is 12.1. The number of nitrogens with two attached hydrogens (primary N) is 1. The number of nitro groups is 1. The van der Waals surface area contributed by atoms with Crippen LogP contribution in [0, 0.1) is 10.1 Å². The monoisotopic (exact) mass is 223 g/mol. The predicted molar refractivity (Wildman–Crippen MR) is 58.6 cm³/mol. The highest BCUT2D eigenvalue weighted by Crippen LogP contribution is 2.16. The van der Waals surface area contributed by atoms with Gasteiger partial charge < -0.3 is 11.1 Å². The fraction of sp³-hybridized carbons (Fsp3) is 0.300. The van der Waals surface area contributed by atoms with Gasteiger partial charge in [-0.05, 0) is 6.92 Å². The van der Waals surface area contributed by atoms with Crippen molar-refractivity contribution < 1.29 is 9.72 Å². The molecule has 0 aliphatic heterocycles. The highest BCUT2D eigenvalue weighted by molar-refractivity contribution is 5.81. The molecule has 1 atom stereocenters. The summed E-state index contributed by atoms with van der Waals surface area (Å²) >= 11 is 0. The van der Waals surface area contributed by atoms with Gasteiger partial charge in [0.05, 0.1) is 11.0 Å². The van der Waals surface area contributed by atoms with E-state index in [4.69, 9.17) is 5.73 Å². The van der Waals surface area contributed by atoms with Crippen LogP contribution in [0.2, 0.25) is 0 Å². The number of nitro benzene ring substituents is 1. The van der Waals surface area contributed by atoms with Crippen LogP contribution >= 0.6 is 0 Å². The van der Waals surface area contributed by atoms with Crippen molar-refractivity contribution >= 4 is 11.6 Å². The molecule has 0 aromatic heterocycles. The lowest BCUT2D eigenvalue weighted by Crippen LogP contribution is -2.37. The molecule has 1 rings (SSSR count). The number of para-hydroxylation sites is 1. The van der Waals surface area contributed by atoms with Crippen LogP contribution in [0.5, 0.6) is 0 Å². The Morgan fingerprint density at radius 1 is 1.56 bits per heavy atom. The van der Waals surface area contributed by atoms with Crippen LogP contribution in [-0.2, 0) is 11.3 Å². The molecule has 0 spiro atoms. The van der Waals surface area contributed by atoms with E-state index in [0.717, 1.165) is 0 Å². The molecule has 1 aromatic carbocycles. The number of hydrogen-bond acceptors (Lipinski definition) is 4. The Balaban J connectivity index is 2.74. The van der Waals surface area contributed by atoms with Crippen LogP contribution in [0.3, 0.4) is 0 Å². The first-order valence-corrected chi connectivity index (χ1v) is 4.78. The number of benzene rings is 1. The number of hydrogen-bond donors (Lipinski definition) is 2. The largest absolute Gasteiger partial charge is 0.350 e. The molecule has 0 unspecified atom stereocenters. The Kier molecular flexibility index (Phi) is 3.96. The Morgan fingerprint density at radius 2 is 2.19 bits per heavy atom. The minimum absolute atomic E-state index is 0.00697. The van der Waals surface area contributed by atoms with Crippen LogP contribution in [0.4, 0.5) is 5.69 Å². The van der Waals surface area contributed by atoms with Crippen molar-refractivity contribution in [2.75, 3.05) is 0 Å². The van der Waals surface area contributed by atoms with Gasteiger partial charge in [-0.15, -0.1) is 0 Å². The van der Waals surface area contributed by atoms with Gasteiger partial charge in [-0.3, -0.25) is 14.9 Å². The van der Waals surface area contributed by atoms with Crippen molar-refractivity contribution in [2.24, 2.45) is 5.73 Å². The molecule has 0 saturated carbocycles. The number of nitrogens with one attached hydrogen (secondary N) is 1. The van der Waals surface area contributed by atoms with E-state index in [9.17, 15) is 14.9 Å². The van der Waals surface area contributed by atoms with Gasteiger partial charge in [-0.25, -0.2) is 0 Å². The molecule has 16 heavy (non-hydrogen) atoms. The molecule has 0 fully saturated rings. The van der Waals surface area contributed by atoms with E-state index >= 15 is 0 Å². The van der Waals surface area contributed by atoms with Gasteiger partial charge in [0.1, 0.15) is 0 Å². The third-order valence-electron chi connectivity index (χ3n) is 2.05. The molecule has 86 valence electrons. The van der Waals surface area contributed by atoms with Gasteiger partial charge >= 0.3 is 0 Å². The molecule has 0 aliphatic carbocycles. The zero-order valence-corrected chi connectivity index (χ0v) is 8.84. The Hall–Kier alpha value is -1.95. The van der Waals surface area contributed by atoms with Crippen LogP contribution in [0.25, 0.3) is 0 Å². The Labute approximate surface area is 92.6 Å². The van der Waals surface area contributed by atoms with E-state index in [1.54, 1.807) is 25.1 Å². The van der Waals surface area contributed by atoms with E-state index in [2.05, 4.69) is 5.32 Å². The van der Waals surface area contributed by atoms with Crippen LogP contribution < -0.4 is 11.1 Å². The van der Waals surface area contributed by atoms with Gasteiger partial charge in [0.2, 0.25) is 5.91 Å². The van der Waals surface area contributed by atoms with Crippen molar-refractivity contribution in [3.63, 3.8) is 0 Å². The summed E-state index contributed by atoms with van der Waals surface area (Å²) in [5, 5.41) is 13.2. The highest BCUT2D eigenvalue weighted by Gasteiger charge is 2.13. The van der Waals surface area contributed by atoms with Crippen molar-refractivity contribution in [1.29, 1.82) is 0 Å². The fourth-order valence-corrected chi connectivity index (χ4v) is 1.18. The second kappa shape index (κ2) is 5.22. The fourth-order valence-electron chi connectivity index (χ4n) is 1.18. The highest BCUT2D eigenvalue weighted by atomic mass is 16.6. The zero-order chi connectivity index (χ0) is 12.1. The normalized spacial score (nSPS) is 11.9. The van der Waals surface area contributed by atoms with Crippen molar-refractivity contribution in [3.05, 3.63) is 39.9 Å². The molecule has 6 nitrogen and oxygen atoms in total. The second-order valence-corrected chi connectivity index (χ2v) is 3.39. The third kappa shape index (κ3) is 3.03. The minimum Gasteiger partial charge on any atom is -0.350 e. The summed E-state index contributed by atoms with van der Waals surface area (Å²) in [5.74, 6) is -0.335. The molecule has 0 saturated heterocycles. The van der Waals surface area contributed by atoms with Gasteiger partial charge in [-0.2, -0.15) is 0 Å². The van der Waals surface area contributed by atoms with Gasteiger partial charge in [0.25, 0.3) is 5.69 Å². The number of nitrogens with zero attached hydrogens (tertiary/aromatic N) is 1. The van der Waals surface area contributed by atoms with Crippen molar-refractivity contribution in [1.82, 2.24) is 5.32 Å². The SMILES string of the molecule is C[C@H](N)C(=O)NCc1ccccc1[N+](=O)[O-]. The quantitative estimate of drug-likeness (QED) is 0.575. The van der Waals surface area contributed by atoms with E-state index in [-0.39, 0.29) is 18.1 Å². The summed E-state index contributed by atoms with van der Waals surface area (Å²) in [4.78, 5) is 21.4. The Morgan fingerprint density at radius 3 is 2.75 bits per heavy atom. The number of carbonyl (C=O) groups is 1. The maximum absolute atomic E-state index is 11.2. The molecule has 1 amide bonds. The number of rotatable bonds is 4. The summed E-state index contributed by atoms with van der Waals surface area (Å²) in [6, 6.07) is 5.63. The lowest BCUT2D eigenvalue weighted by Gasteiger charge is -2.07. The van der Waals surface area contributed by atoms with E-state index in [1.165, 1.54) is 6.07 Å². The standard InChI is InChI=1S/C10H13N3O3/c1-7(11)10(14)12-6-8-4-2-3-5-9(8)13(15)16/h2-5,7H,6,11H2,1H3,(H,12,14)/t7-/m0/s1. The van der Waals surface area contributed by atoms with Crippen LogP contribution in [-0.4, -0.2) is 16.9 Å². The van der Waals surface area contributed by atoms with E-state index in [0.29, 0.717) is 5.56 Å². The number of amides is 1. The summed E-state index contributed by atoms with van der Waals surface area (Å²) < 4.78 is 0. The van der Waals surface area contributed by atoms with Gasteiger partial charge in [-0.1, -0.05) is 18.2 Å². The topological polar surface area (TPSA) is 98.3 Å². The molecular formula is C10H13N3O3. The first-order chi connectivity index (χ1) is 7.52. The molecular weight excluding hydrogens is 210 g/mol. The first-order valence-electron chi connectivity index (χ1n) is 4.78. The van der Waals surface area contributed by atoms with Gasteiger partial charge in [0.15, 0.2) is 0 Å². The summed E-state index contributed by atoms with van der Waals surface area (Å²) in [5.41, 5.74) is 5.80. The number of carbonyl (C=O) groups excluding carboxylic acids is 1. The summed E-state index contributed by atoms with van der Waals surface area (Å²) in [6.45, 7) is 1.66. The predicted octanol–water partition coefficient (Wildman–Crippen LogP) is 0.558. The smallest absolute Gasteiger partial charge is 0.274 e. The molecule has 0 aliphatic rings.